The zero-order valence-corrected chi connectivity index (χ0v) is 18.9. The molecule has 1 unspecified atom stereocenters. The molecule has 1 aromatic heterocycles. The second kappa shape index (κ2) is 9.13. The number of hydrogen-bond acceptors (Lipinski definition) is 4. The van der Waals surface area contributed by atoms with Crippen molar-refractivity contribution in [1.29, 1.82) is 0 Å². The molecule has 164 valence electrons. The molecule has 0 saturated carbocycles. The molecule has 1 fully saturated rings. The number of likely N-dealkylation sites (tertiary alicyclic amines) is 1. The maximum Gasteiger partial charge on any atom is 0.263 e. The smallest absolute Gasteiger partial charge is 0.263 e. The van der Waals surface area contributed by atoms with E-state index in [0.29, 0.717) is 6.54 Å². The third kappa shape index (κ3) is 4.55. The van der Waals surface area contributed by atoms with Crippen molar-refractivity contribution in [3.63, 3.8) is 0 Å². The number of fused-ring (bicyclic) bond motifs is 2. The summed E-state index contributed by atoms with van der Waals surface area (Å²) in [5, 5.41) is 3.18. The molecular weight excluding hydrogens is 406 g/mol. The Morgan fingerprint density at radius 3 is 2.68 bits per heavy atom. The number of nitrogens with zero attached hydrogens (tertiary/aromatic N) is 2. The van der Waals surface area contributed by atoms with Crippen LogP contribution in [-0.2, 0) is 30.6 Å². The summed E-state index contributed by atoms with van der Waals surface area (Å²) in [6.45, 7) is 5.39. The van der Waals surface area contributed by atoms with Gasteiger partial charge in [-0.05, 0) is 61.3 Å². The van der Waals surface area contributed by atoms with Gasteiger partial charge in [-0.2, -0.15) is 0 Å². The first-order valence-electron chi connectivity index (χ1n) is 11.6. The molecule has 1 N–H and O–H groups in total. The first-order valence-corrected chi connectivity index (χ1v) is 12.5. The Hall–Kier alpha value is -2.18. The lowest BCUT2D eigenvalue weighted by Crippen LogP contribution is -2.40. The van der Waals surface area contributed by atoms with Crippen LogP contribution in [0.5, 0.6) is 0 Å². The second-order valence-corrected chi connectivity index (χ2v) is 10.2. The van der Waals surface area contributed by atoms with Crippen LogP contribution in [0.2, 0.25) is 0 Å². The molecule has 1 atom stereocenters. The lowest BCUT2D eigenvalue weighted by atomic mass is 9.87. The molecule has 0 radical (unpaired) electrons. The van der Waals surface area contributed by atoms with E-state index >= 15 is 0 Å². The third-order valence-electron chi connectivity index (χ3n) is 6.99. The number of hydrogen-bond donors (Lipinski definition) is 1. The van der Waals surface area contributed by atoms with Gasteiger partial charge < -0.3 is 10.2 Å². The first-order chi connectivity index (χ1) is 15.2. The van der Waals surface area contributed by atoms with Crippen LogP contribution in [0.15, 0.2) is 30.3 Å². The number of aryl methyl sites for hydroxylation is 1. The molecule has 1 aliphatic carbocycles. The van der Waals surface area contributed by atoms with Gasteiger partial charge in [0, 0.05) is 50.1 Å². The van der Waals surface area contributed by atoms with E-state index in [9.17, 15) is 9.59 Å². The van der Waals surface area contributed by atoms with E-state index in [2.05, 4.69) is 40.5 Å². The Morgan fingerprint density at radius 1 is 1.03 bits per heavy atom. The quantitative estimate of drug-likeness (QED) is 0.781. The van der Waals surface area contributed by atoms with Crippen LogP contribution >= 0.6 is 11.3 Å². The lowest BCUT2D eigenvalue weighted by molar-refractivity contribution is -0.125. The molecule has 5 rings (SSSR count). The van der Waals surface area contributed by atoms with Crippen molar-refractivity contribution in [3.05, 3.63) is 56.8 Å². The molecule has 3 heterocycles. The minimum absolute atomic E-state index is 0.0268. The molecule has 0 bridgehead atoms. The maximum absolute atomic E-state index is 12.8. The van der Waals surface area contributed by atoms with Gasteiger partial charge in [-0.3, -0.25) is 14.5 Å². The molecule has 2 amide bonds. The van der Waals surface area contributed by atoms with Crippen molar-refractivity contribution in [2.45, 2.75) is 45.1 Å². The van der Waals surface area contributed by atoms with Gasteiger partial charge >= 0.3 is 0 Å². The minimum atomic E-state index is 0.0268. The Bertz CT molecular complexity index is 963. The zero-order valence-electron chi connectivity index (χ0n) is 18.1. The normalized spacial score (nSPS) is 20.9. The monoisotopic (exact) mass is 437 g/mol. The summed E-state index contributed by atoms with van der Waals surface area (Å²) in [7, 11) is 0. The zero-order chi connectivity index (χ0) is 21.2. The minimum Gasteiger partial charge on any atom is -0.355 e. The number of thiophene rings is 1. The largest absolute Gasteiger partial charge is 0.355 e. The van der Waals surface area contributed by atoms with E-state index in [-0.39, 0.29) is 17.7 Å². The van der Waals surface area contributed by atoms with Gasteiger partial charge in [0.2, 0.25) is 5.91 Å². The number of benzene rings is 1. The van der Waals surface area contributed by atoms with E-state index in [4.69, 9.17) is 0 Å². The summed E-state index contributed by atoms with van der Waals surface area (Å²) in [5.41, 5.74) is 4.09. The molecule has 3 aliphatic rings. The van der Waals surface area contributed by atoms with E-state index in [1.54, 1.807) is 11.3 Å². The third-order valence-corrected chi connectivity index (χ3v) is 8.22. The summed E-state index contributed by atoms with van der Waals surface area (Å²) >= 11 is 1.65. The highest BCUT2D eigenvalue weighted by atomic mass is 32.1. The highest BCUT2D eigenvalue weighted by Gasteiger charge is 2.29. The molecule has 6 heteroatoms. The van der Waals surface area contributed by atoms with Crippen LogP contribution in [0.4, 0.5) is 0 Å². The van der Waals surface area contributed by atoms with Crippen LogP contribution in [-0.4, -0.2) is 54.3 Å². The second-order valence-electron chi connectivity index (χ2n) is 9.08. The summed E-state index contributed by atoms with van der Waals surface area (Å²) in [6.07, 6.45) is 5.88. The van der Waals surface area contributed by atoms with E-state index < -0.39 is 0 Å². The summed E-state index contributed by atoms with van der Waals surface area (Å²) in [5.74, 6) is 0.376. The predicted molar refractivity (Wildman–Crippen MR) is 123 cm³/mol. The number of carbonyl (C=O) groups is 2. The Morgan fingerprint density at radius 2 is 1.84 bits per heavy atom. The highest BCUT2D eigenvalue weighted by Crippen LogP contribution is 2.33. The summed E-state index contributed by atoms with van der Waals surface area (Å²) < 4.78 is 0. The lowest BCUT2D eigenvalue weighted by Gasteiger charge is -2.29. The molecule has 0 spiro atoms. The van der Waals surface area contributed by atoms with Gasteiger partial charge in [0.05, 0.1) is 4.88 Å². The van der Waals surface area contributed by atoms with Crippen molar-refractivity contribution >= 4 is 23.2 Å². The average molecular weight is 438 g/mol. The fourth-order valence-electron chi connectivity index (χ4n) is 5.16. The average Bonchev–Trinajstić information content (AvgIpc) is 3.48. The maximum atomic E-state index is 12.8. The molecule has 5 nitrogen and oxygen atoms in total. The molecule has 2 aliphatic heterocycles. The van der Waals surface area contributed by atoms with E-state index in [0.717, 1.165) is 76.1 Å². The summed E-state index contributed by atoms with van der Waals surface area (Å²) in [4.78, 5) is 32.1. The van der Waals surface area contributed by atoms with Crippen LogP contribution in [0.3, 0.4) is 0 Å². The van der Waals surface area contributed by atoms with Gasteiger partial charge in [0.25, 0.3) is 5.91 Å². The van der Waals surface area contributed by atoms with Crippen molar-refractivity contribution < 1.29 is 9.59 Å². The molecule has 31 heavy (non-hydrogen) atoms. The fourth-order valence-corrected chi connectivity index (χ4v) is 6.33. The van der Waals surface area contributed by atoms with Crippen LogP contribution < -0.4 is 5.32 Å². The van der Waals surface area contributed by atoms with Gasteiger partial charge in [-0.1, -0.05) is 24.3 Å². The van der Waals surface area contributed by atoms with Gasteiger partial charge in [-0.25, -0.2) is 0 Å². The molecule has 1 saturated heterocycles. The predicted octanol–water partition coefficient (Wildman–Crippen LogP) is 3.26. The van der Waals surface area contributed by atoms with Crippen molar-refractivity contribution in [2.75, 3.05) is 32.7 Å². The topological polar surface area (TPSA) is 52.7 Å². The van der Waals surface area contributed by atoms with Crippen LogP contribution in [0.1, 0.15) is 50.5 Å². The van der Waals surface area contributed by atoms with E-state index in [1.807, 2.05) is 4.90 Å². The fraction of sp³-hybridized carbons (Fsp3) is 0.520. The number of rotatable bonds is 5. The number of carbonyl (C=O) groups excluding carboxylic acids is 2. The van der Waals surface area contributed by atoms with Crippen molar-refractivity contribution in [2.24, 2.45) is 5.92 Å². The number of amides is 2. The highest BCUT2D eigenvalue weighted by molar-refractivity contribution is 7.14. The van der Waals surface area contributed by atoms with Gasteiger partial charge in [0.1, 0.15) is 0 Å². The SMILES string of the molecule is O=C(NCCN1CCc2ccccc2C1)C1CCc2sc(C(=O)N3CCCC3)cc2C1. The first kappa shape index (κ1) is 20.7. The molecular formula is C25H31N3O2S. The molecule has 2 aromatic rings. The van der Waals surface area contributed by atoms with E-state index in [1.165, 1.54) is 21.6 Å². The molecule has 1 aromatic carbocycles. The van der Waals surface area contributed by atoms with Gasteiger partial charge in [-0.15, -0.1) is 11.3 Å². The Kier molecular flexibility index (Phi) is 6.10. The van der Waals surface area contributed by atoms with Crippen molar-refractivity contribution in [3.8, 4) is 0 Å². The van der Waals surface area contributed by atoms with Crippen molar-refractivity contribution in [1.82, 2.24) is 15.1 Å². The summed E-state index contributed by atoms with van der Waals surface area (Å²) in [6, 6.07) is 10.7. The van der Waals surface area contributed by atoms with Gasteiger partial charge in [0.15, 0.2) is 0 Å². The Labute approximate surface area is 188 Å². The number of nitrogens with one attached hydrogen (secondary N) is 1. The van der Waals surface area contributed by atoms with Crippen LogP contribution in [0, 0.1) is 5.92 Å². The standard InChI is InChI=1S/C25H31N3O2S/c29-24(26-10-14-27-13-9-18-5-1-2-6-20(18)17-27)19-7-8-22-21(15-19)16-23(31-22)25(30)28-11-3-4-12-28/h1-2,5-6,16,19H,3-4,7-15,17H2,(H,26,29). The Balaban J connectivity index is 1.11. The van der Waals surface area contributed by atoms with Crippen LogP contribution in [0.25, 0.3) is 0 Å².